The summed E-state index contributed by atoms with van der Waals surface area (Å²) < 4.78 is 0. The zero-order valence-electron chi connectivity index (χ0n) is 13.3. The Labute approximate surface area is 137 Å². The number of amides is 2. The number of carbonyl (C=O) groups excluding carboxylic acids is 2. The van der Waals surface area contributed by atoms with E-state index in [0.717, 1.165) is 50.8 Å². The minimum Gasteiger partial charge on any atom is -0.351 e. The van der Waals surface area contributed by atoms with Crippen LogP contribution in [-0.4, -0.2) is 53.0 Å². The average Bonchev–Trinajstić information content (AvgIpc) is 3.18. The number of carbonyl (C=O) groups is 2. The molecule has 3 atom stereocenters. The highest BCUT2D eigenvalue weighted by atomic mass is 32.2. The molecule has 2 heterocycles. The van der Waals surface area contributed by atoms with Crippen molar-refractivity contribution in [2.45, 2.75) is 63.6 Å². The molecular weight excluding hydrogens is 298 g/mol. The van der Waals surface area contributed by atoms with Crippen LogP contribution in [0.4, 0.5) is 0 Å². The van der Waals surface area contributed by atoms with E-state index < -0.39 is 0 Å². The zero-order valence-corrected chi connectivity index (χ0v) is 14.2. The van der Waals surface area contributed by atoms with E-state index in [0.29, 0.717) is 11.9 Å². The van der Waals surface area contributed by atoms with Crippen molar-refractivity contribution in [1.29, 1.82) is 0 Å². The van der Waals surface area contributed by atoms with Crippen LogP contribution in [-0.2, 0) is 9.59 Å². The summed E-state index contributed by atoms with van der Waals surface area (Å²) in [5.74, 6) is 1.84. The van der Waals surface area contributed by atoms with Crippen LogP contribution in [0.15, 0.2) is 0 Å². The van der Waals surface area contributed by atoms with E-state index in [-0.39, 0.29) is 29.8 Å². The van der Waals surface area contributed by atoms with Gasteiger partial charge in [0.1, 0.15) is 6.04 Å². The maximum Gasteiger partial charge on any atom is 0.243 e. The second-order valence-corrected chi connectivity index (χ2v) is 7.89. The van der Waals surface area contributed by atoms with Crippen LogP contribution in [0.1, 0.15) is 45.4 Å². The molecule has 1 aliphatic carbocycles. The molecule has 5 nitrogen and oxygen atoms in total. The molecule has 0 radical (unpaired) electrons. The molecule has 124 valence electrons. The van der Waals surface area contributed by atoms with Gasteiger partial charge in [-0.1, -0.05) is 12.8 Å². The Morgan fingerprint density at radius 3 is 2.73 bits per heavy atom. The second-order valence-electron chi connectivity index (χ2n) is 6.89. The molecule has 2 aliphatic heterocycles. The fraction of sp³-hybridized carbons (Fsp3) is 0.875. The molecule has 2 saturated heterocycles. The largest absolute Gasteiger partial charge is 0.351 e. The summed E-state index contributed by atoms with van der Waals surface area (Å²) in [7, 11) is 0. The lowest BCUT2D eigenvalue weighted by atomic mass is 10.00. The van der Waals surface area contributed by atoms with Gasteiger partial charge in [-0.25, -0.2) is 0 Å². The molecule has 0 aromatic heterocycles. The van der Waals surface area contributed by atoms with Crippen LogP contribution in [0.25, 0.3) is 0 Å². The van der Waals surface area contributed by atoms with Gasteiger partial charge in [-0.2, -0.15) is 0 Å². The Kier molecular flexibility index (Phi) is 5.29. The third kappa shape index (κ3) is 3.59. The SMILES string of the molecule is CC1CC(NC(=O)C2CSCN2C(=O)C2CCCC2)CCN1. The summed E-state index contributed by atoms with van der Waals surface area (Å²) >= 11 is 1.70. The van der Waals surface area contributed by atoms with Crippen LogP contribution >= 0.6 is 11.8 Å². The van der Waals surface area contributed by atoms with E-state index >= 15 is 0 Å². The summed E-state index contributed by atoms with van der Waals surface area (Å²) in [5.41, 5.74) is 0. The molecule has 3 unspecified atom stereocenters. The maximum atomic E-state index is 12.6. The van der Waals surface area contributed by atoms with Crippen molar-refractivity contribution in [3.05, 3.63) is 0 Å². The number of nitrogens with zero attached hydrogens (tertiary/aromatic N) is 1. The van der Waals surface area contributed by atoms with Crippen LogP contribution in [0, 0.1) is 5.92 Å². The maximum absolute atomic E-state index is 12.6. The first-order chi connectivity index (χ1) is 10.6. The Bertz CT molecular complexity index is 426. The number of piperidine rings is 1. The van der Waals surface area contributed by atoms with Gasteiger partial charge >= 0.3 is 0 Å². The Hall–Kier alpha value is -0.750. The zero-order chi connectivity index (χ0) is 15.5. The molecule has 2 N–H and O–H groups in total. The highest BCUT2D eigenvalue weighted by Gasteiger charge is 2.38. The quantitative estimate of drug-likeness (QED) is 0.822. The van der Waals surface area contributed by atoms with Crippen molar-refractivity contribution < 1.29 is 9.59 Å². The standard InChI is InChI=1S/C16H27N3O2S/c1-11-8-13(6-7-17-11)18-15(20)14-9-22-10-19(14)16(21)12-4-2-3-5-12/h11-14,17H,2-10H2,1H3,(H,18,20). The van der Waals surface area contributed by atoms with Crippen LogP contribution in [0.3, 0.4) is 0 Å². The van der Waals surface area contributed by atoms with Crippen LogP contribution < -0.4 is 10.6 Å². The third-order valence-electron chi connectivity index (χ3n) is 5.14. The van der Waals surface area contributed by atoms with Gasteiger partial charge < -0.3 is 15.5 Å². The topological polar surface area (TPSA) is 61.4 Å². The van der Waals surface area contributed by atoms with E-state index in [1.54, 1.807) is 11.8 Å². The molecule has 0 spiro atoms. The fourth-order valence-electron chi connectivity index (χ4n) is 3.84. The molecule has 3 aliphatic rings. The second kappa shape index (κ2) is 7.21. The molecule has 22 heavy (non-hydrogen) atoms. The summed E-state index contributed by atoms with van der Waals surface area (Å²) in [6.45, 7) is 3.11. The number of rotatable bonds is 3. The Morgan fingerprint density at radius 1 is 1.23 bits per heavy atom. The van der Waals surface area contributed by atoms with Gasteiger partial charge in [-0.15, -0.1) is 11.8 Å². The predicted molar refractivity (Wildman–Crippen MR) is 88.5 cm³/mol. The van der Waals surface area contributed by atoms with Crippen molar-refractivity contribution in [2.75, 3.05) is 18.2 Å². The van der Waals surface area contributed by atoms with Gasteiger partial charge in [0, 0.05) is 23.8 Å². The monoisotopic (exact) mass is 325 g/mol. The molecule has 6 heteroatoms. The lowest BCUT2D eigenvalue weighted by Crippen LogP contribution is -2.53. The third-order valence-corrected chi connectivity index (χ3v) is 6.15. The molecule has 0 aromatic carbocycles. The van der Waals surface area contributed by atoms with Gasteiger partial charge in [-0.05, 0) is 39.2 Å². The first-order valence-corrected chi connectivity index (χ1v) is 9.72. The molecule has 0 bridgehead atoms. The van der Waals surface area contributed by atoms with E-state index in [4.69, 9.17) is 0 Å². The van der Waals surface area contributed by atoms with Gasteiger partial charge in [0.2, 0.25) is 11.8 Å². The van der Waals surface area contributed by atoms with E-state index in [9.17, 15) is 9.59 Å². The lowest BCUT2D eigenvalue weighted by molar-refractivity contribution is -0.141. The Morgan fingerprint density at radius 2 is 2.00 bits per heavy atom. The number of nitrogens with one attached hydrogen (secondary N) is 2. The normalized spacial score (nSPS) is 33.1. The molecule has 0 aromatic rings. The minimum absolute atomic E-state index is 0.0513. The van der Waals surface area contributed by atoms with Crippen LogP contribution in [0.5, 0.6) is 0 Å². The first kappa shape index (κ1) is 16.1. The smallest absolute Gasteiger partial charge is 0.243 e. The van der Waals surface area contributed by atoms with E-state index in [1.165, 1.54) is 0 Å². The first-order valence-electron chi connectivity index (χ1n) is 8.57. The molecule has 3 rings (SSSR count). The molecule has 3 fully saturated rings. The number of hydrogen-bond acceptors (Lipinski definition) is 4. The summed E-state index contributed by atoms with van der Waals surface area (Å²) in [6, 6.07) is 0.439. The summed E-state index contributed by atoms with van der Waals surface area (Å²) in [4.78, 5) is 27.1. The molecule has 2 amide bonds. The van der Waals surface area contributed by atoms with Gasteiger partial charge in [0.25, 0.3) is 0 Å². The van der Waals surface area contributed by atoms with Gasteiger partial charge in [-0.3, -0.25) is 9.59 Å². The highest BCUT2D eigenvalue weighted by Crippen LogP contribution is 2.30. The summed E-state index contributed by atoms with van der Waals surface area (Å²) in [5, 5.41) is 6.58. The highest BCUT2D eigenvalue weighted by molar-refractivity contribution is 7.99. The summed E-state index contributed by atoms with van der Waals surface area (Å²) in [6.07, 6.45) is 6.26. The molecular formula is C16H27N3O2S. The van der Waals surface area contributed by atoms with Crippen molar-refractivity contribution in [2.24, 2.45) is 5.92 Å². The van der Waals surface area contributed by atoms with Gasteiger partial charge in [0.15, 0.2) is 0 Å². The van der Waals surface area contributed by atoms with E-state index in [2.05, 4.69) is 17.6 Å². The Balaban J connectivity index is 1.57. The van der Waals surface area contributed by atoms with Crippen molar-refractivity contribution in [3.8, 4) is 0 Å². The minimum atomic E-state index is -0.261. The van der Waals surface area contributed by atoms with Crippen LogP contribution in [0.2, 0.25) is 0 Å². The average molecular weight is 325 g/mol. The number of thioether (sulfide) groups is 1. The molecule has 1 saturated carbocycles. The van der Waals surface area contributed by atoms with E-state index in [1.807, 2.05) is 4.90 Å². The number of hydrogen-bond donors (Lipinski definition) is 2. The fourth-order valence-corrected chi connectivity index (χ4v) is 5.01. The van der Waals surface area contributed by atoms with Crippen molar-refractivity contribution >= 4 is 23.6 Å². The van der Waals surface area contributed by atoms with Gasteiger partial charge in [0.05, 0.1) is 5.88 Å². The van der Waals surface area contributed by atoms with Crippen molar-refractivity contribution in [1.82, 2.24) is 15.5 Å². The lowest BCUT2D eigenvalue weighted by Gasteiger charge is -2.31. The predicted octanol–water partition coefficient (Wildman–Crippen LogP) is 1.33. The van der Waals surface area contributed by atoms with Crippen molar-refractivity contribution in [3.63, 3.8) is 0 Å².